The Balaban J connectivity index is 2.29. The number of Topliss-reactive ketones (excluding diaryl/α,β-unsaturated/α-hetero) is 1. The van der Waals surface area contributed by atoms with Crippen molar-refractivity contribution in [1.82, 2.24) is 0 Å². The molecule has 0 aromatic heterocycles. The second kappa shape index (κ2) is 7.01. The van der Waals surface area contributed by atoms with Crippen LogP contribution in [-0.4, -0.2) is 11.2 Å². The van der Waals surface area contributed by atoms with E-state index in [2.05, 4.69) is 77.9 Å². The van der Waals surface area contributed by atoms with E-state index in [1.165, 1.54) is 22.3 Å². The maximum atomic E-state index is 12.2. The van der Waals surface area contributed by atoms with E-state index in [0.29, 0.717) is 0 Å². The van der Waals surface area contributed by atoms with E-state index >= 15 is 0 Å². The zero-order valence-corrected chi connectivity index (χ0v) is 18.2. The molecule has 0 saturated carbocycles. The summed E-state index contributed by atoms with van der Waals surface area (Å²) in [5, 5.41) is 0.0900. The Morgan fingerprint density at radius 3 is 2.11 bits per heavy atom. The molecule has 0 spiro atoms. The molecule has 3 rings (SSSR count). The van der Waals surface area contributed by atoms with Gasteiger partial charge in [0.25, 0.3) is 0 Å². The highest BCUT2D eigenvalue weighted by Gasteiger charge is 2.37. The molecule has 144 valence electrons. The molecule has 27 heavy (non-hydrogen) atoms. The van der Waals surface area contributed by atoms with Crippen LogP contribution in [0.15, 0.2) is 42.5 Å². The van der Waals surface area contributed by atoms with Crippen molar-refractivity contribution < 1.29 is 9.53 Å². The lowest BCUT2D eigenvalue weighted by molar-refractivity contribution is -0.120. The van der Waals surface area contributed by atoms with Crippen LogP contribution in [0.5, 0.6) is 5.75 Å². The average Bonchev–Trinajstić information content (AvgIpc) is 2.58. The fraction of sp³-hybridized carbons (Fsp3) is 0.458. The van der Waals surface area contributed by atoms with Crippen molar-refractivity contribution in [2.45, 2.75) is 70.0 Å². The van der Waals surface area contributed by atoms with Gasteiger partial charge in [-0.2, -0.15) is 0 Å². The smallest absolute Gasteiger partial charge is 0.203 e. The number of benzene rings is 2. The van der Waals surface area contributed by atoms with Gasteiger partial charge in [-0.3, -0.25) is 4.79 Å². The van der Waals surface area contributed by atoms with Gasteiger partial charge in [0.2, 0.25) is 5.44 Å². The lowest BCUT2D eigenvalue weighted by Gasteiger charge is -2.36. The first-order valence-corrected chi connectivity index (χ1v) is 10.5. The number of thioether (sulfide) groups is 1. The van der Waals surface area contributed by atoms with Gasteiger partial charge < -0.3 is 4.74 Å². The Labute approximate surface area is 167 Å². The Morgan fingerprint density at radius 2 is 1.59 bits per heavy atom. The molecule has 0 amide bonds. The third-order valence-corrected chi connectivity index (χ3v) is 6.47. The van der Waals surface area contributed by atoms with Crippen LogP contribution in [0.25, 0.3) is 0 Å². The molecule has 2 unspecified atom stereocenters. The molecule has 2 nitrogen and oxygen atoms in total. The van der Waals surface area contributed by atoms with Crippen LogP contribution >= 0.6 is 11.8 Å². The highest BCUT2D eigenvalue weighted by molar-refractivity contribution is 8.00. The zero-order chi connectivity index (χ0) is 20.0. The van der Waals surface area contributed by atoms with Gasteiger partial charge in [-0.1, -0.05) is 95.8 Å². The Hall–Kier alpha value is -1.74. The molecule has 2 atom stereocenters. The van der Waals surface area contributed by atoms with Crippen molar-refractivity contribution in [2.75, 3.05) is 0 Å². The molecule has 0 fully saturated rings. The van der Waals surface area contributed by atoms with Crippen LogP contribution in [-0.2, 0) is 15.6 Å². The number of rotatable bonds is 2. The van der Waals surface area contributed by atoms with E-state index in [1.807, 2.05) is 6.07 Å². The topological polar surface area (TPSA) is 26.3 Å². The lowest BCUT2D eigenvalue weighted by Crippen LogP contribution is -2.30. The van der Waals surface area contributed by atoms with Gasteiger partial charge in [0.15, 0.2) is 5.78 Å². The number of fused-ring (bicyclic) bond motifs is 1. The van der Waals surface area contributed by atoms with E-state index in [1.54, 1.807) is 18.7 Å². The maximum absolute atomic E-state index is 12.2. The summed E-state index contributed by atoms with van der Waals surface area (Å²) in [6, 6.07) is 15.0. The van der Waals surface area contributed by atoms with Crippen molar-refractivity contribution in [2.24, 2.45) is 0 Å². The number of ether oxygens (including phenoxy) is 1. The SMILES string of the molecule is CC(=O)C1Oc2c(cc(C(C)(C)C)cc2C(C)(C)C)C(c2ccccc2)S1. The third-order valence-electron chi connectivity index (χ3n) is 4.99. The minimum absolute atomic E-state index is 0.0400. The summed E-state index contributed by atoms with van der Waals surface area (Å²) in [7, 11) is 0. The van der Waals surface area contributed by atoms with Gasteiger partial charge in [-0.25, -0.2) is 0 Å². The standard InChI is InChI=1S/C24H30O2S/c1-15(25)22-26-20-18(21(27-22)16-11-9-8-10-12-16)13-17(23(2,3)4)14-19(20)24(5,6)7/h8-14,21-22H,1-7H3. The summed E-state index contributed by atoms with van der Waals surface area (Å²) < 4.78 is 6.28. The van der Waals surface area contributed by atoms with Gasteiger partial charge >= 0.3 is 0 Å². The van der Waals surface area contributed by atoms with Crippen molar-refractivity contribution in [3.8, 4) is 5.75 Å². The van der Waals surface area contributed by atoms with Gasteiger partial charge in [-0.05, 0) is 28.9 Å². The predicted octanol–water partition coefficient (Wildman–Crippen LogP) is 6.41. The summed E-state index contributed by atoms with van der Waals surface area (Å²) in [5.41, 5.74) is 4.37. The number of carbonyl (C=O) groups is 1. The summed E-state index contributed by atoms with van der Waals surface area (Å²) in [6.45, 7) is 15.0. The molecule has 0 bridgehead atoms. The number of ketones is 1. The first-order chi connectivity index (χ1) is 12.5. The second-order valence-electron chi connectivity index (χ2n) is 9.43. The Kier molecular flexibility index (Phi) is 5.20. The van der Waals surface area contributed by atoms with Crippen LogP contribution in [0, 0.1) is 0 Å². The molecule has 1 aliphatic rings. The molecule has 3 heteroatoms. The molecule has 2 aromatic carbocycles. The lowest BCUT2D eigenvalue weighted by atomic mass is 9.78. The predicted molar refractivity (Wildman–Crippen MR) is 115 cm³/mol. The molecule has 0 aliphatic carbocycles. The zero-order valence-electron chi connectivity index (χ0n) is 17.4. The maximum Gasteiger partial charge on any atom is 0.203 e. The summed E-state index contributed by atoms with van der Waals surface area (Å²) in [6.07, 6.45) is 0. The highest BCUT2D eigenvalue weighted by Crippen LogP contribution is 2.51. The third kappa shape index (κ3) is 4.08. The number of carbonyl (C=O) groups excluding carboxylic acids is 1. The van der Waals surface area contributed by atoms with E-state index in [0.717, 1.165) is 5.75 Å². The largest absolute Gasteiger partial charge is 0.471 e. The fourth-order valence-electron chi connectivity index (χ4n) is 3.36. The molecule has 0 saturated heterocycles. The summed E-state index contributed by atoms with van der Waals surface area (Å²) in [5.74, 6) is 0.953. The quantitative estimate of drug-likeness (QED) is 0.600. The molecular weight excluding hydrogens is 352 g/mol. The molecule has 2 aromatic rings. The van der Waals surface area contributed by atoms with Gasteiger partial charge in [0.1, 0.15) is 5.75 Å². The van der Waals surface area contributed by atoms with Gasteiger partial charge in [0.05, 0.1) is 5.25 Å². The first kappa shape index (κ1) is 20.0. The molecule has 0 N–H and O–H groups in total. The Morgan fingerprint density at radius 1 is 0.963 bits per heavy atom. The van der Waals surface area contributed by atoms with Crippen molar-refractivity contribution in [1.29, 1.82) is 0 Å². The van der Waals surface area contributed by atoms with E-state index in [9.17, 15) is 4.79 Å². The minimum Gasteiger partial charge on any atom is -0.471 e. The molecule has 0 radical (unpaired) electrons. The first-order valence-electron chi connectivity index (χ1n) is 9.55. The second-order valence-corrected chi connectivity index (χ2v) is 10.6. The van der Waals surface area contributed by atoms with E-state index < -0.39 is 5.44 Å². The van der Waals surface area contributed by atoms with E-state index in [-0.39, 0.29) is 21.9 Å². The van der Waals surface area contributed by atoms with Crippen LogP contribution in [0.4, 0.5) is 0 Å². The highest BCUT2D eigenvalue weighted by atomic mass is 32.2. The average molecular weight is 383 g/mol. The van der Waals surface area contributed by atoms with Crippen LogP contribution < -0.4 is 4.74 Å². The van der Waals surface area contributed by atoms with Crippen molar-refractivity contribution in [3.63, 3.8) is 0 Å². The van der Waals surface area contributed by atoms with Gasteiger partial charge in [0, 0.05) is 11.1 Å². The monoisotopic (exact) mass is 382 g/mol. The molecule has 1 aliphatic heterocycles. The van der Waals surface area contributed by atoms with Crippen LogP contribution in [0.1, 0.15) is 76.0 Å². The summed E-state index contributed by atoms with van der Waals surface area (Å²) in [4.78, 5) is 12.2. The van der Waals surface area contributed by atoms with Crippen molar-refractivity contribution >= 4 is 17.5 Å². The minimum atomic E-state index is -0.468. The Bertz CT molecular complexity index is 841. The molecule has 1 heterocycles. The normalized spacial score (nSPS) is 20.0. The van der Waals surface area contributed by atoms with E-state index in [4.69, 9.17) is 4.74 Å². The molecular formula is C24H30O2S. The fourth-order valence-corrected chi connectivity index (χ4v) is 4.59. The van der Waals surface area contributed by atoms with Gasteiger partial charge in [-0.15, -0.1) is 0 Å². The summed E-state index contributed by atoms with van der Waals surface area (Å²) >= 11 is 1.60. The van der Waals surface area contributed by atoms with Crippen molar-refractivity contribution in [3.05, 3.63) is 64.7 Å². The van der Waals surface area contributed by atoms with Crippen LogP contribution in [0.3, 0.4) is 0 Å². The number of hydrogen-bond acceptors (Lipinski definition) is 3. The van der Waals surface area contributed by atoms with Crippen LogP contribution in [0.2, 0.25) is 0 Å². The number of hydrogen-bond donors (Lipinski definition) is 0.